The van der Waals surface area contributed by atoms with E-state index in [0.717, 1.165) is 5.56 Å². The van der Waals surface area contributed by atoms with E-state index in [1.807, 2.05) is 0 Å². The maximum Gasteiger partial charge on any atom is 0.339 e. The smallest absolute Gasteiger partial charge is 0.339 e. The topological polar surface area (TPSA) is 52.6 Å². The minimum Gasteiger partial charge on any atom is -0.493 e. The van der Waals surface area contributed by atoms with Gasteiger partial charge in [-0.1, -0.05) is 12.1 Å². The van der Waals surface area contributed by atoms with Gasteiger partial charge in [-0.25, -0.2) is 8.78 Å². The number of halogens is 2. The monoisotopic (exact) mass is 340 g/mol. The molecule has 0 amide bonds. The third-order valence-electron chi connectivity index (χ3n) is 2.93. The summed E-state index contributed by atoms with van der Waals surface area (Å²) in [5, 5.41) is 0. The average molecular weight is 340 g/mol. The molecule has 4 nitrogen and oxygen atoms in total. The first-order chi connectivity index (χ1) is 10.9. The fraction of sp³-hybridized carbons (Fsp3) is 0.125. The summed E-state index contributed by atoms with van der Waals surface area (Å²) in [6.07, 6.45) is 2.25. The Hall–Kier alpha value is -2.41. The van der Waals surface area contributed by atoms with E-state index < -0.39 is 26.6 Å². The number of methoxy groups -OCH3 is 1. The van der Waals surface area contributed by atoms with Gasteiger partial charge >= 0.3 is 10.1 Å². The molecule has 0 fully saturated rings. The number of hydrogen-bond donors (Lipinski definition) is 0. The number of allylic oxidation sites excluding steroid dienone is 1. The molecule has 0 N–H and O–H groups in total. The number of rotatable bonds is 6. The Kier molecular flexibility index (Phi) is 5.00. The molecule has 2 aromatic carbocycles. The van der Waals surface area contributed by atoms with E-state index in [1.165, 1.54) is 13.2 Å². The minimum absolute atomic E-state index is 0.0787. The van der Waals surface area contributed by atoms with Crippen LogP contribution in [0, 0.1) is 11.6 Å². The number of hydrogen-bond acceptors (Lipinski definition) is 4. The molecule has 0 aliphatic carbocycles. The summed E-state index contributed by atoms with van der Waals surface area (Å²) < 4.78 is 60.7. The first-order valence-electron chi connectivity index (χ1n) is 6.54. The second kappa shape index (κ2) is 6.78. The summed E-state index contributed by atoms with van der Waals surface area (Å²) in [6.45, 7) is 3.61. The van der Waals surface area contributed by atoms with E-state index in [1.54, 1.807) is 18.2 Å². The molecule has 0 unspecified atom stereocenters. The average Bonchev–Trinajstić information content (AvgIpc) is 2.48. The quantitative estimate of drug-likeness (QED) is 0.597. The van der Waals surface area contributed by atoms with Crippen LogP contribution < -0.4 is 8.92 Å². The van der Waals surface area contributed by atoms with Gasteiger partial charge in [0.2, 0.25) is 0 Å². The van der Waals surface area contributed by atoms with Crippen molar-refractivity contribution >= 4 is 10.1 Å². The zero-order valence-electron chi connectivity index (χ0n) is 12.3. The van der Waals surface area contributed by atoms with Gasteiger partial charge in [0, 0.05) is 6.07 Å². The lowest BCUT2D eigenvalue weighted by molar-refractivity contribution is 0.390. The van der Waals surface area contributed by atoms with Gasteiger partial charge in [-0.15, -0.1) is 6.58 Å². The van der Waals surface area contributed by atoms with Gasteiger partial charge in [0.1, 0.15) is 16.5 Å². The molecule has 2 aromatic rings. The Labute approximate surface area is 133 Å². The first-order valence-corrected chi connectivity index (χ1v) is 7.95. The first kappa shape index (κ1) is 17.0. The van der Waals surface area contributed by atoms with E-state index >= 15 is 0 Å². The van der Waals surface area contributed by atoms with Crippen molar-refractivity contribution in [3.63, 3.8) is 0 Å². The summed E-state index contributed by atoms with van der Waals surface area (Å²) in [5.41, 5.74) is 0.846. The highest BCUT2D eigenvalue weighted by atomic mass is 32.2. The van der Waals surface area contributed by atoms with Gasteiger partial charge < -0.3 is 8.92 Å². The van der Waals surface area contributed by atoms with Gasteiger partial charge in [0.25, 0.3) is 0 Å². The summed E-state index contributed by atoms with van der Waals surface area (Å²) in [7, 11) is -3.04. The highest BCUT2D eigenvalue weighted by Gasteiger charge is 2.21. The Balaban J connectivity index is 2.38. The van der Waals surface area contributed by atoms with Gasteiger partial charge in [0.15, 0.2) is 11.5 Å². The molecule has 0 heterocycles. The molecule has 122 valence electrons. The SMILES string of the molecule is C=CCc1ccc(OS(=O)(=O)c2cc(F)cc(F)c2)c(OC)c1. The molecule has 23 heavy (non-hydrogen) atoms. The maximum absolute atomic E-state index is 13.2. The molecule has 0 atom stereocenters. The van der Waals surface area contributed by atoms with Crippen LogP contribution >= 0.6 is 0 Å². The predicted octanol–water partition coefficient (Wildman–Crippen LogP) is 3.47. The zero-order chi connectivity index (χ0) is 17.0. The maximum atomic E-state index is 13.2. The molecule has 7 heteroatoms. The van der Waals surface area contributed by atoms with Crippen LogP contribution in [0.25, 0.3) is 0 Å². The zero-order valence-corrected chi connectivity index (χ0v) is 13.1. The molecule has 2 rings (SSSR count). The lowest BCUT2D eigenvalue weighted by Crippen LogP contribution is -2.11. The van der Waals surface area contributed by atoms with Crippen LogP contribution in [-0.4, -0.2) is 15.5 Å². The molecule has 0 saturated heterocycles. The van der Waals surface area contributed by atoms with E-state index in [0.29, 0.717) is 24.6 Å². The van der Waals surface area contributed by atoms with Crippen LogP contribution in [-0.2, 0) is 16.5 Å². The van der Waals surface area contributed by atoms with Crippen molar-refractivity contribution < 1.29 is 26.1 Å². The molecule has 0 aliphatic heterocycles. The van der Waals surface area contributed by atoms with Crippen molar-refractivity contribution in [3.8, 4) is 11.5 Å². The van der Waals surface area contributed by atoms with Crippen LogP contribution in [0.3, 0.4) is 0 Å². The second-order valence-corrected chi connectivity index (χ2v) is 6.17. The Morgan fingerprint density at radius 2 is 1.74 bits per heavy atom. The van der Waals surface area contributed by atoms with Crippen molar-refractivity contribution in [1.29, 1.82) is 0 Å². The summed E-state index contributed by atoms with van der Waals surface area (Å²) in [5.74, 6) is -1.92. The third kappa shape index (κ3) is 4.07. The van der Waals surface area contributed by atoms with Gasteiger partial charge in [-0.3, -0.25) is 0 Å². The highest BCUT2D eigenvalue weighted by Crippen LogP contribution is 2.31. The Bertz CT molecular complexity index is 812. The fourth-order valence-corrected chi connectivity index (χ4v) is 2.90. The third-order valence-corrected chi connectivity index (χ3v) is 4.14. The van der Waals surface area contributed by atoms with Crippen LogP contribution in [0.15, 0.2) is 53.9 Å². The van der Waals surface area contributed by atoms with Crippen molar-refractivity contribution in [2.75, 3.05) is 7.11 Å². The summed E-state index contributed by atoms with van der Waals surface area (Å²) >= 11 is 0. The number of ether oxygens (including phenoxy) is 1. The van der Waals surface area contributed by atoms with Crippen molar-refractivity contribution in [2.24, 2.45) is 0 Å². The largest absolute Gasteiger partial charge is 0.493 e. The van der Waals surface area contributed by atoms with Crippen LogP contribution in [0.4, 0.5) is 8.78 Å². The molecule has 0 aliphatic rings. The lowest BCUT2D eigenvalue weighted by Gasteiger charge is -2.12. The molecular weight excluding hydrogens is 326 g/mol. The van der Waals surface area contributed by atoms with Crippen LogP contribution in [0.1, 0.15) is 5.56 Å². The normalized spacial score (nSPS) is 11.1. The number of benzene rings is 2. The fourth-order valence-electron chi connectivity index (χ4n) is 1.91. The summed E-state index contributed by atoms with van der Waals surface area (Å²) in [6, 6.07) is 6.57. The molecule has 0 spiro atoms. The minimum atomic E-state index is -4.40. The Morgan fingerprint density at radius 3 is 2.30 bits per heavy atom. The van der Waals surface area contributed by atoms with Crippen molar-refractivity contribution in [1.82, 2.24) is 0 Å². The van der Waals surface area contributed by atoms with E-state index in [2.05, 4.69) is 6.58 Å². The lowest BCUT2D eigenvalue weighted by atomic mass is 10.1. The van der Waals surface area contributed by atoms with Crippen molar-refractivity contribution in [3.05, 3.63) is 66.3 Å². The van der Waals surface area contributed by atoms with Gasteiger partial charge in [0.05, 0.1) is 7.11 Å². The second-order valence-electron chi connectivity index (χ2n) is 4.62. The van der Waals surface area contributed by atoms with Gasteiger partial charge in [-0.2, -0.15) is 8.42 Å². The van der Waals surface area contributed by atoms with E-state index in [4.69, 9.17) is 8.92 Å². The molecular formula is C16H14F2O4S. The highest BCUT2D eigenvalue weighted by molar-refractivity contribution is 7.87. The predicted molar refractivity (Wildman–Crippen MR) is 81.1 cm³/mol. The van der Waals surface area contributed by atoms with E-state index in [9.17, 15) is 17.2 Å². The molecule has 0 saturated carbocycles. The molecule has 0 bridgehead atoms. The van der Waals surface area contributed by atoms with Gasteiger partial charge in [-0.05, 0) is 36.2 Å². The Morgan fingerprint density at radius 1 is 1.09 bits per heavy atom. The van der Waals surface area contributed by atoms with Crippen LogP contribution in [0.5, 0.6) is 11.5 Å². The standard InChI is InChI=1S/C16H14F2O4S/c1-3-4-11-5-6-15(16(7-11)21-2)22-23(19,20)14-9-12(17)8-13(18)10-14/h3,5-10H,1,4H2,2H3. The van der Waals surface area contributed by atoms with Crippen LogP contribution in [0.2, 0.25) is 0 Å². The molecule has 0 aromatic heterocycles. The molecule has 0 radical (unpaired) electrons. The van der Waals surface area contributed by atoms with Crippen molar-refractivity contribution in [2.45, 2.75) is 11.3 Å². The van der Waals surface area contributed by atoms with E-state index in [-0.39, 0.29) is 11.5 Å². The summed E-state index contributed by atoms with van der Waals surface area (Å²) in [4.78, 5) is -0.618.